The second-order valence-electron chi connectivity index (χ2n) is 5.70. The van der Waals surface area contributed by atoms with Crippen LogP contribution in [0.25, 0.3) is 0 Å². The van der Waals surface area contributed by atoms with Gasteiger partial charge in [0, 0.05) is 18.7 Å². The lowest BCUT2D eigenvalue weighted by Gasteiger charge is -2.54. The summed E-state index contributed by atoms with van der Waals surface area (Å²) in [6.07, 6.45) is -4.42. The van der Waals surface area contributed by atoms with Crippen LogP contribution in [0.5, 0.6) is 5.75 Å². The summed E-state index contributed by atoms with van der Waals surface area (Å²) in [7, 11) is 0. The van der Waals surface area contributed by atoms with E-state index in [0.29, 0.717) is 36.3 Å². The number of likely N-dealkylation sites (tertiary alicyclic amines) is 1. The van der Waals surface area contributed by atoms with Crippen molar-refractivity contribution in [3.8, 4) is 5.75 Å². The van der Waals surface area contributed by atoms with Crippen LogP contribution >= 0.6 is 15.9 Å². The van der Waals surface area contributed by atoms with Gasteiger partial charge in [0.05, 0.1) is 23.1 Å². The molecule has 4 nitrogen and oxygen atoms in total. The Labute approximate surface area is 133 Å². The normalized spacial score (nSPS) is 19.5. The minimum absolute atomic E-state index is 0.00499. The van der Waals surface area contributed by atoms with Crippen molar-refractivity contribution in [3.63, 3.8) is 0 Å². The predicted molar refractivity (Wildman–Crippen MR) is 74.8 cm³/mol. The summed E-state index contributed by atoms with van der Waals surface area (Å²) in [6.45, 7) is 1.18. The molecule has 0 bridgehead atoms. The van der Waals surface area contributed by atoms with E-state index in [1.54, 1.807) is 11.0 Å². The lowest BCUT2D eigenvalue weighted by molar-refractivity contribution is -0.176. The van der Waals surface area contributed by atoms with Gasteiger partial charge in [-0.15, -0.1) is 0 Å². The summed E-state index contributed by atoms with van der Waals surface area (Å²) in [5, 5.41) is 0. The highest BCUT2D eigenvalue weighted by atomic mass is 79.9. The van der Waals surface area contributed by atoms with Gasteiger partial charge in [0.25, 0.3) is 5.91 Å². The monoisotopic (exact) mass is 379 g/mol. The first-order valence-corrected chi connectivity index (χ1v) is 7.44. The van der Waals surface area contributed by atoms with Crippen molar-refractivity contribution in [1.82, 2.24) is 4.90 Å². The van der Waals surface area contributed by atoms with Gasteiger partial charge in [-0.05, 0) is 34.1 Å². The van der Waals surface area contributed by atoms with E-state index in [2.05, 4.69) is 15.9 Å². The molecule has 0 N–H and O–H groups in total. The smallest absolute Gasteiger partial charge is 0.422 e. The molecule has 1 aromatic carbocycles. The van der Waals surface area contributed by atoms with Crippen LogP contribution in [0.1, 0.15) is 10.4 Å². The van der Waals surface area contributed by atoms with E-state index < -0.39 is 12.8 Å². The molecule has 1 amide bonds. The molecular formula is C14H13BrF3NO3. The lowest BCUT2D eigenvalue weighted by Crippen LogP contribution is -2.67. The third-order valence-corrected chi connectivity index (χ3v) is 4.38. The largest absolute Gasteiger partial charge is 0.483 e. The Hall–Kier alpha value is -1.28. The van der Waals surface area contributed by atoms with E-state index in [0.717, 1.165) is 0 Å². The van der Waals surface area contributed by atoms with Crippen LogP contribution in [0.15, 0.2) is 22.7 Å². The Morgan fingerprint density at radius 2 is 2.05 bits per heavy atom. The van der Waals surface area contributed by atoms with Gasteiger partial charge in [-0.25, -0.2) is 0 Å². The number of alkyl halides is 3. The van der Waals surface area contributed by atoms with Crippen molar-refractivity contribution in [2.45, 2.75) is 6.18 Å². The van der Waals surface area contributed by atoms with Gasteiger partial charge in [-0.2, -0.15) is 13.2 Å². The fourth-order valence-corrected chi connectivity index (χ4v) is 2.93. The molecule has 22 heavy (non-hydrogen) atoms. The molecule has 0 atom stereocenters. The fraction of sp³-hybridized carbons (Fsp3) is 0.500. The molecule has 0 saturated carbocycles. The molecule has 0 aliphatic carbocycles. The maximum atomic E-state index is 12.3. The van der Waals surface area contributed by atoms with Crippen LogP contribution < -0.4 is 4.74 Å². The van der Waals surface area contributed by atoms with Crippen LogP contribution in [0.4, 0.5) is 13.2 Å². The third-order valence-electron chi connectivity index (χ3n) is 3.73. The summed E-state index contributed by atoms with van der Waals surface area (Å²) >= 11 is 3.12. The van der Waals surface area contributed by atoms with Gasteiger partial charge >= 0.3 is 6.18 Å². The molecule has 1 aromatic rings. The Morgan fingerprint density at radius 1 is 1.36 bits per heavy atom. The topological polar surface area (TPSA) is 38.8 Å². The number of hydrogen-bond donors (Lipinski definition) is 0. The van der Waals surface area contributed by atoms with Crippen molar-refractivity contribution in [3.05, 3.63) is 28.2 Å². The van der Waals surface area contributed by atoms with Crippen molar-refractivity contribution in [1.29, 1.82) is 0 Å². The SMILES string of the molecule is O=C(c1ccc(Br)c(OCC(F)(F)F)c1)N1CC2(COC2)C1. The predicted octanol–water partition coefficient (Wildman–Crippen LogP) is 2.86. The van der Waals surface area contributed by atoms with Gasteiger partial charge in [-0.3, -0.25) is 4.79 Å². The first-order valence-electron chi connectivity index (χ1n) is 6.64. The Bertz CT molecular complexity index is 593. The second-order valence-corrected chi connectivity index (χ2v) is 6.56. The summed E-state index contributed by atoms with van der Waals surface area (Å²) in [6, 6.07) is 4.41. The minimum Gasteiger partial charge on any atom is -0.483 e. The molecule has 2 aliphatic rings. The third kappa shape index (κ3) is 3.08. The highest BCUT2D eigenvalue weighted by Gasteiger charge is 2.50. The summed E-state index contributed by atoms with van der Waals surface area (Å²) < 4.78 is 46.9. The first kappa shape index (κ1) is 15.6. The van der Waals surface area contributed by atoms with Gasteiger partial charge in [0.15, 0.2) is 6.61 Å². The van der Waals surface area contributed by atoms with E-state index in [4.69, 9.17) is 9.47 Å². The number of carbonyl (C=O) groups excluding carboxylic acids is 1. The number of ether oxygens (including phenoxy) is 2. The van der Waals surface area contributed by atoms with E-state index in [9.17, 15) is 18.0 Å². The van der Waals surface area contributed by atoms with E-state index >= 15 is 0 Å². The number of carbonyl (C=O) groups is 1. The van der Waals surface area contributed by atoms with E-state index in [1.807, 2.05) is 0 Å². The highest BCUT2D eigenvalue weighted by Crippen LogP contribution is 2.38. The molecular weight excluding hydrogens is 367 g/mol. The maximum absolute atomic E-state index is 12.3. The second kappa shape index (κ2) is 5.42. The number of rotatable bonds is 3. The molecule has 3 rings (SSSR count). The zero-order chi connectivity index (χ0) is 16.0. The maximum Gasteiger partial charge on any atom is 0.422 e. The quantitative estimate of drug-likeness (QED) is 0.810. The molecule has 0 unspecified atom stereocenters. The number of halogens is 4. The minimum atomic E-state index is -4.42. The van der Waals surface area contributed by atoms with Gasteiger partial charge in [0.1, 0.15) is 5.75 Å². The molecule has 0 radical (unpaired) electrons. The van der Waals surface area contributed by atoms with Crippen LogP contribution in [0, 0.1) is 5.41 Å². The van der Waals surface area contributed by atoms with E-state index in [1.165, 1.54) is 12.1 Å². The standard InChI is InChI=1S/C14H13BrF3NO3/c15-10-2-1-9(3-11(10)22-8-14(16,17)18)12(20)19-4-13(5-19)6-21-7-13/h1-3H,4-8H2. The Balaban J connectivity index is 1.67. The summed E-state index contributed by atoms with van der Waals surface area (Å²) in [5.41, 5.74) is 0.413. The number of hydrogen-bond acceptors (Lipinski definition) is 3. The zero-order valence-electron chi connectivity index (χ0n) is 11.5. The summed E-state index contributed by atoms with van der Waals surface area (Å²) in [5.74, 6) is -0.202. The Kier molecular flexibility index (Phi) is 3.84. The van der Waals surface area contributed by atoms with Crippen LogP contribution in [-0.4, -0.2) is 49.9 Å². The molecule has 120 valence electrons. The summed E-state index contributed by atoms with van der Waals surface area (Å²) in [4.78, 5) is 14.0. The lowest BCUT2D eigenvalue weighted by atomic mass is 9.78. The highest BCUT2D eigenvalue weighted by molar-refractivity contribution is 9.10. The van der Waals surface area contributed by atoms with Gasteiger partial charge < -0.3 is 14.4 Å². The van der Waals surface area contributed by atoms with Crippen molar-refractivity contribution < 1.29 is 27.4 Å². The molecule has 2 aliphatic heterocycles. The molecule has 2 heterocycles. The van der Waals surface area contributed by atoms with Gasteiger partial charge in [-0.1, -0.05) is 0 Å². The number of benzene rings is 1. The van der Waals surface area contributed by atoms with Crippen LogP contribution in [-0.2, 0) is 4.74 Å². The van der Waals surface area contributed by atoms with Crippen LogP contribution in [0.3, 0.4) is 0 Å². The first-order chi connectivity index (χ1) is 10.3. The number of amides is 1. The van der Waals surface area contributed by atoms with E-state index in [-0.39, 0.29) is 17.1 Å². The average Bonchev–Trinajstić information content (AvgIpc) is 2.33. The molecule has 1 spiro atoms. The van der Waals surface area contributed by atoms with Gasteiger partial charge in [0.2, 0.25) is 0 Å². The molecule has 2 fully saturated rings. The zero-order valence-corrected chi connectivity index (χ0v) is 13.0. The van der Waals surface area contributed by atoms with Crippen molar-refractivity contribution in [2.75, 3.05) is 32.9 Å². The number of nitrogens with zero attached hydrogens (tertiary/aromatic N) is 1. The van der Waals surface area contributed by atoms with Crippen molar-refractivity contribution in [2.24, 2.45) is 5.41 Å². The molecule has 2 saturated heterocycles. The Morgan fingerprint density at radius 3 is 2.59 bits per heavy atom. The fourth-order valence-electron chi connectivity index (χ4n) is 2.57. The molecule has 0 aromatic heterocycles. The molecule has 8 heteroatoms. The van der Waals surface area contributed by atoms with Crippen molar-refractivity contribution >= 4 is 21.8 Å². The average molecular weight is 380 g/mol. The van der Waals surface area contributed by atoms with Crippen LogP contribution in [0.2, 0.25) is 0 Å².